The molecule has 1 saturated heterocycles. The highest BCUT2D eigenvalue weighted by atomic mass is 16.5. The quantitative estimate of drug-likeness (QED) is 0.530. The van der Waals surface area contributed by atoms with Gasteiger partial charge in [0.2, 0.25) is 0 Å². The molecule has 7 nitrogen and oxygen atoms in total. The summed E-state index contributed by atoms with van der Waals surface area (Å²) < 4.78 is 9.07. The maximum absolute atomic E-state index is 12.8. The normalized spacial score (nSPS) is 24.3. The number of likely N-dealkylation sites (tertiary alicyclic amines) is 1. The van der Waals surface area contributed by atoms with E-state index in [1.54, 1.807) is 0 Å². The number of amides is 1. The molecule has 3 heterocycles. The number of imidazole rings is 1. The Kier molecular flexibility index (Phi) is 7.32. The highest BCUT2D eigenvalue weighted by Gasteiger charge is 2.31. The van der Waals surface area contributed by atoms with Crippen molar-refractivity contribution in [2.75, 3.05) is 20.1 Å². The number of rotatable bonds is 5. The van der Waals surface area contributed by atoms with E-state index in [0.717, 1.165) is 81.7 Å². The summed E-state index contributed by atoms with van der Waals surface area (Å²) in [5.74, 6) is 0.909. The van der Waals surface area contributed by atoms with Crippen LogP contribution in [0.15, 0.2) is 54.7 Å². The summed E-state index contributed by atoms with van der Waals surface area (Å²) in [6.07, 6.45) is 8.12. The molecule has 6 rings (SSSR count). The van der Waals surface area contributed by atoms with Gasteiger partial charge in [-0.2, -0.15) is 0 Å². The molecule has 2 fully saturated rings. The lowest BCUT2D eigenvalue weighted by atomic mass is 9.93. The van der Waals surface area contributed by atoms with Gasteiger partial charge in [0.25, 0.3) is 5.91 Å². The van der Waals surface area contributed by atoms with Gasteiger partial charge in [-0.15, -0.1) is 0 Å². The number of fused-ring (bicyclic) bond motifs is 2. The van der Waals surface area contributed by atoms with E-state index in [1.165, 1.54) is 11.1 Å². The standard InChI is InChI=1S/C31H38N4O3/c1-34-17-15-26(16-18-34)38-29-27-5-3-2-4-21(27)14-19-35-20-28(33-30(29)35)22-6-8-23(9-7-22)31(37)32-24-10-12-25(36)13-11-24/h2-9,20,24-26,29,36H,10-19H2,1H3,(H,32,37). The molecule has 0 spiro atoms. The number of nitrogens with zero attached hydrogens (tertiary/aromatic N) is 3. The Hall–Kier alpha value is -3.00. The summed E-state index contributed by atoms with van der Waals surface area (Å²) in [6.45, 7) is 2.98. The molecular weight excluding hydrogens is 476 g/mol. The van der Waals surface area contributed by atoms with Crippen LogP contribution in [0.5, 0.6) is 0 Å². The van der Waals surface area contributed by atoms with Crippen molar-refractivity contribution in [3.63, 3.8) is 0 Å². The first-order chi connectivity index (χ1) is 18.5. The Morgan fingerprint density at radius 1 is 0.974 bits per heavy atom. The predicted octanol–water partition coefficient (Wildman–Crippen LogP) is 4.34. The van der Waals surface area contributed by atoms with Crippen molar-refractivity contribution in [1.29, 1.82) is 0 Å². The van der Waals surface area contributed by atoms with Crippen molar-refractivity contribution in [2.24, 2.45) is 0 Å². The van der Waals surface area contributed by atoms with Crippen LogP contribution in [-0.4, -0.2) is 63.9 Å². The summed E-state index contributed by atoms with van der Waals surface area (Å²) in [6, 6.07) is 16.5. The second-order valence-corrected chi connectivity index (χ2v) is 11.2. The van der Waals surface area contributed by atoms with Crippen LogP contribution in [0, 0.1) is 0 Å². The van der Waals surface area contributed by atoms with E-state index in [0.29, 0.717) is 5.56 Å². The summed E-state index contributed by atoms with van der Waals surface area (Å²) in [5.41, 5.74) is 5.11. The number of carbonyl (C=O) groups excluding carboxylic acids is 1. The van der Waals surface area contributed by atoms with Crippen LogP contribution in [0.25, 0.3) is 11.3 Å². The Balaban J connectivity index is 1.22. The number of piperidine rings is 1. The summed E-state index contributed by atoms with van der Waals surface area (Å²) in [4.78, 5) is 20.3. The fraction of sp³-hybridized carbons (Fsp3) is 0.484. The molecule has 1 atom stereocenters. The number of benzene rings is 2. The van der Waals surface area contributed by atoms with Crippen molar-refractivity contribution >= 4 is 5.91 Å². The van der Waals surface area contributed by atoms with Crippen LogP contribution in [0.3, 0.4) is 0 Å². The monoisotopic (exact) mass is 514 g/mol. The molecule has 7 heteroatoms. The minimum atomic E-state index is -0.227. The molecule has 3 aliphatic rings. The Morgan fingerprint density at radius 3 is 2.47 bits per heavy atom. The van der Waals surface area contributed by atoms with E-state index in [9.17, 15) is 9.90 Å². The molecular formula is C31H38N4O3. The first kappa shape index (κ1) is 25.3. The van der Waals surface area contributed by atoms with Crippen molar-refractivity contribution < 1.29 is 14.6 Å². The van der Waals surface area contributed by atoms with Crippen molar-refractivity contribution in [2.45, 2.75) is 75.8 Å². The molecule has 0 bridgehead atoms. The smallest absolute Gasteiger partial charge is 0.251 e. The van der Waals surface area contributed by atoms with Crippen LogP contribution in [-0.2, 0) is 17.7 Å². The van der Waals surface area contributed by atoms with Crippen LogP contribution in [0.1, 0.15) is 71.9 Å². The molecule has 200 valence electrons. The predicted molar refractivity (Wildman–Crippen MR) is 147 cm³/mol. The van der Waals surface area contributed by atoms with Gasteiger partial charge in [0.1, 0.15) is 11.9 Å². The second-order valence-electron chi connectivity index (χ2n) is 11.2. The summed E-state index contributed by atoms with van der Waals surface area (Å²) in [7, 11) is 2.17. The number of nitrogens with one attached hydrogen (secondary N) is 1. The van der Waals surface area contributed by atoms with E-state index >= 15 is 0 Å². The molecule has 3 aromatic rings. The van der Waals surface area contributed by atoms with E-state index in [1.807, 2.05) is 24.3 Å². The van der Waals surface area contributed by atoms with Gasteiger partial charge < -0.3 is 24.6 Å². The minimum Gasteiger partial charge on any atom is -0.393 e. The van der Waals surface area contributed by atoms with Gasteiger partial charge in [-0.25, -0.2) is 4.98 Å². The molecule has 0 radical (unpaired) electrons. The number of ether oxygens (including phenoxy) is 1. The zero-order valence-electron chi connectivity index (χ0n) is 22.2. The number of aliphatic hydroxyl groups excluding tert-OH is 1. The minimum absolute atomic E-state index is 0.0539. The zero-order chi connectivity index (χ0) is 26.1. The van der Waals surface area contributed by atoms with E-state index in [-0.39, 0.29) is 30.3 Å². The first-order valence-electron chi connectivity index (χ1n) is 14.1. The lowest BCUT2D eigenvalue weighted by molar-refractivity contribution is -0.0275. The molecule has 1 unspecified atom stereocenters. The van der Waals surface area contributed by atoms with Gasteiger partial charge in [-0.3, -0.25) is 4.79 Å². The Bertz CT molecular complexity index is 1250. The van der Waals surface area contributed by atoms with Gasteiger partial charge >= 0.3 is 0 Å². The lowest BCUT2D eigenvalue weighted by Crippen LogP contribution is -2.38. The third-order valence-corrected chi connectivity index (χ3v) is 8.47. The first-order valence-corrected chi connectivity index (χ1v) is 14.1. The number of hydrogen-bond acceptors (Lipinski definition) is 5. The number of aliphatic hydroxyl groups is 1. The highest BCUT2D eigenvalue weighted by molar-refractivity contribution is 5.94. The zero-order valence-corrected chi connectivity index (χ0v) is 22.2. The molecule has 1 amide bonds. The molecule has 38 heavy (non-hydrogen) atoms. The fourth-order valence-electron chi connectivity index (χ4n) is 6.08. The summed E-state index contributed by atoms with van der Waals surface area (Å²) >= 11 is 0. The van der Waals surface area contributed by atoms with E-state index < -0.39 is 0 Å². The molecule has 1 aromatic heterocycles. The molecule has 1 saturated carbocycles. The average Bonchev–Trinajstić information content (AvgIpc) is 3.31. The largest absolute Gasteiger partial charge is 0.393 e. The number of carbonyl (C=O) groups is 1. The number of hydrogen-bond donors (Lipinski definition) is 2. The second kappa shape index (κ2) is 11.0. The maximum atomic E-state index is 12.8. The van der Waals surface area contributed by atoms with Crippen LogP contribution >= 0.6 is 0 Å². The SMILES string of the molecule is CN1CCC(OC2c3ccccc3CCn3cc(-c4ccc(C(=O)NC5CCC(O)CC5)cc4)nc32)CC1. The van der Waals surface area contributed by atoms with Crippen molar-refractivity contribution in [1.82, 2.24) is 19.8 Å². The third kappa shape index (κ3) is 5.41. The van der Waals surface area contributed by atoms with Crippen molar-refractivity contribution in [3.05, 3.63) is 77.2 Å². The molecule has 1 aliphatic carbocycles. The van der Waals surface area contributed by atoms with E-state index in [2.05, 4.69) is 52.3 Å². The fourth-order valence-corrected chi connectivity index (χ4v) is 6.08. The third-order valence-electron chi connectivity index (χ3n) is 8.47. The molecule has 2 N–H and O–H groups in total. The average molecular weight is 515 g/mol. The number of aryl methyl sites for hydroxylation is 2. The molecule has 2 aliphatic heterocycles. The number of aromatic nitrogens is 2. The topological polar surface area (TPSA) is 79.6 Å². The van der Waals surface area contributed by atoms with Gasteiger partial charge in [-0.05, 0) is 75.3 Å². The Labute approximate surface area is 224 Å². The van der Waals surface area contributed by atoms with Crippen LogP contribution in [0.4, 0.5) is 0 Å². The summed E-state index contributed by atoms with van der Waals surface area (Å²) in [5, 5.41) is 12.8. The highest BCUT2D eigenvalue weighted by Crippen LogP contribution is 2.36. The van der Waals surface area contributed by atoms with Crippen LogP contribution in [0.2, 0.25) is 0 Å². The lowest BCUT2D eigenvalue weighted by Gasteiger charge is -2.32. The maximum Gasteiger partial charge on any atom is 0.251 e. The molecule has 2 aromatic carbocycles. The van der Waals surface area contributed by atoms with Crippen LogP contribution < -0.4 is 5.32 Å². The van der Waals surface area contributed by atoms with E-state index in [4.69, 9.17) is 9.72 Å². The van der Waals surface area contributed by atoms with Gasteiger partial charge in [0.15, 0.2) is 0 Å². The van der Waals surface area contributed by atoms with Gasteiger partial charge in [0.05, 0.1) is 17.9 Å². The Morgan fingerprint density at radius 2 is 1.71 bits per heavy atom. The van der Waals surface area contributed by atoms with Crippen molar-refractivity contribution in [3.8, 4) is 11.3 Å². The van der Waals surface area contributed by atoms with Gasteiger partial charge in [0, 0.05) is 43.0 Å². The van der Waals surface area contributed by atoms with Gasteiger partial charge in [-0.1, -0.05) is 36.4 Å².